The average Bonchev–Trinajstić information content (AvgIpc) is 3.02. The molecule has 0 radical (unpaired) electrons. The normalized spacial score (nSPS) is 10.9. The zero-order valence-electron chi connectivity index (χ0n) is 16.9. The number of amides is 1. The monoisotopic (exact) mass is 413 g/mol. The molecular weight excluding hydrogens is 390 g/mol. The number of nitrogens with zero attached hydrogens (tertiary/aromatic N) is 2. The lowest BCUT2D eigenvalue weighted by atomic mass is 10.1. The van der Waals surface area contributed by atoms with Gasteiger partial charge in [-0.2, -0.15) is 0 Å². The van der Waals surface area contributed by atoms with E-state index in [0.717, 1.165) is 11.3 Å². The Labute approximate surface area is 172 Å². The number of ether oxygens (including phenoxy) is 1. The number of thiophene rings is 1. The minimum absolute atomic E-state index is 0.193. The summed E-state index contributed by atoms with van der Waals surface area (Å²) in [4.78, 5) is 42.7. The molecule has 3 rings (SSSR count). The molecule has 3 aromatic rings. The number of aromatic nitrogens is 2. The van der Waals surface area contributed by atoms with Gasteiger partial charge in [0.1, 0.15) is 10.7 Å². The molecule has 0 aliphatic heterocycles. The van der Waals surface area contributed by atoms with E-state index in [1.165, 1.54) is 18.4 Å². The van der Waals surface area contributed by atoms with Gasteiger partial charge in [-0.25, -0.2) is 4.98 Å². The Morgan fingerprint density at radius 2 is 1.93 bits per heavy atom. The summed E-state index contributed by atoms with van der Waals surface area (Å²) in [5, 5.41) is 3.37. The second-order valence-corrected chi connectivity index (χ2v) is 7.80. The van der Waals surface area contributed by atoms with Gasteiger partial charge in [0.2, 0.25) is 0 Å². The van der Waals surface area contributed by atoms with E-state index < -0.39 is 0 Å². The van der Waals surface area contributed by atoms with Crippen LogP contribution in [0, 0.1) is 20.8 Å². The van der Waals surface area contributed by atoms with Crippen molar-refractivity contribution in [1.82, 2.24) is 9.55 Å². The summed E-state index contributed by atoms with van der Waals surface area (Å²) in [6, 6.07) is 7.53. The van der Waals surface area contributed by atoms with E-state index in [-0.39, 0.29) is 23.9 Å². The lowest BCUT2D eigenvalue weighted by Gasteiger charge is -2.09. The number of carbonyl (C=O) groups is 2. The first-order valence-electron chi connectivity index (χ1n) is 9.27. The van der Waals surface area contributed by atoms with Crippen LogP contribution in [0.25, 0.3) is 10.2 Å². The Bertz CT molecular complexity index is 1150. The molecule has 0 aliphatic rings. The molecule has 0 bridgehead atoms. The van der Waals surface area contributed by atoms with Crippen molar-refractivity contribution in [2.45, 2.75) is 40.2 Å². The molecule has 0 atom stereocenters. The zero-order chi connectivity index (χ0) is 21.1. The van der Waals surface area contributed by atoms with Crippen molar-refractivity contribution >= 4 is 39.1 Å². The molecule has 0 fully saturated rings. The maximum absolute atomic E-state index is 13.0. The number of fused-ring (bicyclic) bond motifs is 1. The van der Waals surface area contributed by atoms with Crippen molar-refractivity contribution in [3.63, 3.8) is 0 Å². The number of nitrogens with one attached hydrogen (secondary N) is 1. The van der Waals surface area contributed by atoms with E-state index in [1.54, 1.807) is 18.4 Å². The summed E-state index contributed by atoms with van der Waals surface area (Å²) in [6.45, 7) is 5.80. The quantitative estimate of drug-likeness (QED) is 0.624. The van der Waals surface area contributed by atoms with Crippen LogP contribution in [0.1, 0.15) is 39.5 Å². The van der Waals surface area contributed by atoms with Crippen molar-refractivity contribution in [3.8, 4) is 0 Å². The first kappa shape index (κ1) is 20.7. The summed E-state index contributed by atoms with van der Waals surface area (Å²) in [7, 11) is 1.34. The minimum atomic E-state index is -0.313. The molecule has 1 aromatic carbocycles. The zero-order valence-corrected chi connectivity index (χ0v) is 17.7. The first-order chi connectivity index (χ1) is 13.8. The Hall–Kier alpha value is -3.00. The molecule has 1 amide bonds. The molecule has 2 heterocycles. The Morgan fingerprint density at radius 3 is 2.62 bits per heavy atom. The third-order valence-corrected chi connectivity index (χ3v) is 6.02. The summed E-state index contributed by atoms with van der Waals surface area (Å²) in [5.74, 6) is -0.0137. The number of hydrogen-bond acceptors (Lipinski definition) is 6. The lowest BCUT2D eigenvalue weighted by Crippen LogP contribution is -2.24. The molecule has 0 unspecified atom stereocenters. The highest BCUT2D eigenvalue weighted by Crippen LogP contribution is 2.28. The minimum Gasteiger partial charge on any atom is -0.469 e. The van der Waals surface area contributed by atoms with Crippen LogP contribution < -0.4 is 10.9 Å². The number of carbonyl (C=O) groups excluding carboxylic acids is 2. The van der Waals surface area contributed by atoms with Crippen LogP contribution in [0.15, 0.2) is 29.1 Å². The molecule has 0 saturated carbocycles. The van der Waals surface area contributed by atoms with Crippen LogP contribution in [-0.2, 0) is 16.1 Å². The van der Waals surface area contributed by atoms with E-state index in [0.29, 0.717) is 39.4 Å². The van der Waals surface area contributed by atoms with Gasteiger partial charge in [0.15, 0.2) is 0 Å². The SMILES string of the molecule is COC(=O)CCCn1c(C)nc2sc(C(=O)Nc3ccccc3C)c(C)c2c1=O. The van der Waals surface area contributed by atoms with Gasteiger partial charge >= 0.3 is 5.97 Å². The van der Waals surface area contributed by atoms with Crippen molar-refractivity contribution < 1.29 is 14.3 Å². The number of aryl methyl sites for hydroxylation is 3. The Morgan fingerprint density at radius 1 is 1.21 bits per heavy atom. The van der Waals surface area contributed by atoms with Crippen LogP contribution in [-0.4, -0.2) is 28.5 Å². The molecule has 0 saturated heterocycles. The standard InChI is InChI=1S/C21H23N3O4S/c1-12-8-5-6-9-15(12)23-19(26)18-13(2)17-20(29-18)22-14(3)24(21(17)27)11-7-10-16(25)28-4/h5-6,8-9H,7,10-11H2,1-4H3,(H,23,26). The van der Waals surface area contributed by atoms with E-state index in [1.807, 2.05) is 31.2 Å². The highest BCUT2D eigenvalue weighted by atomic mass is 32.1. The summed E-state index contributed by atoms with van der Waals surface area (Å²) in [5.41, 5.74) is 2.12. The number of methoxy groups -OCH3 is 1. The lowest BCUT2D eigenvalue weighted by molar-refractivity contribution is -0.140. The van der Waals surface area contributed by atoms with Gasteiger partial charge in [-0.3, -0.25) is 19.0 Å². The van der Waals surface area contributed by atoms with Crippen LogP contribution in [0.4, 0.5) is 5.69 Å². The molecule has 152 valence electrons. The number of benzene rings is 1. The molecule has 1 N–H and O–H groups in total. The van der Waals surface area contributed by atoms with Crippen molar-refractivity contribution in [1.29, 1.82) is 0 Å². The Balaban J connectivity index is 1.93. The molecule has 29 heavy (non-hydrogen) atoms. The van der Waals surface area contributed by atoms with Gasteiger partial charge in [0, 0.05) is 18.7 Å². The van der Waals surface area contributed by atoms with E-state index >= 15 is 0 Å². The van der Waals surface area contributed by atoms with Gasteiger partial charge in [0.05, 0.1) is 17.4 Å². The van der Waals surface area contributed by atoms with Gasteiger partial charge < -0.3 is 10.1 Å². The maximum Gasteiger partial charge on any atom is 0.305 e. The van der Waals surface area contributed by atoms with Crippen LogP contribution in [0.5, 0.6) is 0 Å². The first-order valence-corrected chi connectivity index (χ1v) is 10.1. The van der Waals surface area contributed by atoms with Crippen molar-refractivity contribution in [2.24, 2.45) is 0 Å². The van der Waals surface area contributed by atoms with Crippen LogP contribution >= 0.6 is 11.3 Å². The van der Waals surface area contributed by atoms with Crippen LogP contribution in [0.3, 0.4) is 0 Å². The summed E-state index contributed by atoms with van der Waals surface area (Å²) in [6.07, 6.45) is 0.706. The van der Waals surface area contributed by atoms with Gasteiger partial charge in [-0.05, 0) is 44.4 Å². The molecule has 7 nitrogen and oxygen atoms in total. The molecule has 2 aromatic heterocycles. The molecule has 0 spiro atoms. The fourth-order valence-corrected chi connectivity index (χ4v) is 4.29. The third kappa shape index (κ3) is 4.22. The fraction of sp³-hybridized carbons (Fsp3) is 0.333. The van der Waals surface area contributed by atoms with E-state index in [2.05, 4.69) is 15.0 Å². The number of rotatable bonds is 6. The predicted molar refractivity (Wildman–Crippen MR) is 114 cm³/mol. The smallest absolute Gasteiger partial charge is 0.305 e. The maximum atomic E-state index is 13.0. The van der Waals surface area contributed by atoms with E-state index in [4.69, 9.17) is 0 Å². The topological polar surface area (TPSA) is 90.3 Å². The van der Waals surface area contributed by atoms with Gasteiger partial charge in [0.25, 0.3) is 11.5 Å². The summed E-state index contributed by atoms with van der Waals surface area (Å²) >= 11 is 1.22. The number of para-hydroxylation sites is 1. The predicted octanol–water partition coefficient (Wildman–Crippen LogP) is 3.59. The highest BCUT2D eigenvalue weighted by Gasteiger charge is 2.21. The van der Waals surface area contributed by atoms with E-state index in [9.17, 15) is 14.4 Å². The third-order valence-electron chi connectivity index (χ3n) is 4.83. The average molecular weight is 413 g/mol. The largest absolute Gasteiger partial charge is 0.469 e. The second kappa shape index (κ2) is 8.57. The van der Waals surface area contributed by atoms with Gasteiger partial charge in [-0.1, -0.05) is 18.2 Å². The second-order valence-electron chi connectivity index (χ2n) is 6.80. The van der Waals surface area contributed by atoms with Gasteiger partial charge in [-0.15, -0.1) is 11.3 Å². The fourth-order valence-electron chi connectivity index (χ4n) is 3.17. The summed E-state index contributed by atoms with van der Waals surface area (Å²) < 4.78 is 6.19. The molecule has 8 heteroatoms. The Kier molecular flexibility index (Phi) is 6.12. The number of hydrogen-bond donors (Lipinski definition) is 1. The molecular formula is C21H23N3O4S. The highest BCUT2D eigenvalue weighted by molar-refractivity contribution is 7.20. The number of esters is 1. The van der Waals surface area contributed by atoms with Crippen molar-refractivity contribution in [3.05, 3.63) is 56.4 Å². The van der Waals surface area contributed by atoms with Crippen LogP contribution in [0.2, 0.25) is 0 Å². The number of anilines is 1. The van der Waals surface area contributed by atoms with Crippen molar-refractivity contribution in [2.75, 3.05) is 12.4 Å². The molecule has 0 aliphatic carbocycles.